The first-order valence-electron chi connectivity index (χ1n) is 6.15. The quantitative estimate of drug-likeness (QED) is 0.362. The third-order valence-corrected chi connectivity index (χ3v) is 3.96. The van der Waals surface area contributed by atoms with Gasteiger partial charge in [-0.15, -0.1) is 0 Å². The van der Waals surface area contributed by atoms with Crippen molar-refractivity contribution in [1.82, 2.24) is 9.97 Å². The Hall–Kier alpha value is -1.23. The van der Waals surface area contributed by atoms with E-state index in [9.17, 15) is 4.79 Å². The van der Waals surface area contributed by atoms with Crippen LogP contribution < -0.4 is 0 Å². The molecule has 0 aliphatic heterocycles. The molecule has 0 saturated heterocycles. The van der Waals surface area contributed by atoms with Crippen molar-refractivity contribution >= 4 is 30.1 Å². The molecule has 1 aliphatic rings. The maximum atomic E-state index is 10.9. The number of carbonyl (C=O) groups excluding carboxylic acids is 1. The van der Waals surface area contributed by atoms with Crippen LogP contribution in [-0.2, 0) is 0 Å². The van der Waals surface area contributed by atoms with Crippen LogP contribution >= 0.6 is 11.8 Å². The van der Waals surface area contributed by atoms with Crippen LogP contribution in [0.15, 0.2) is 16.3 Å². The van der Waals surface area contributed by atoms with Crippen LogP contribution in [0.3, 0.4) is 0 Å². The zero-order chi connectivity index (χ0) is 13.0. The zero-order valence-corrected chi connectivity index (χ0v) is 11.5. The second kappa shape index (κ2) is 6.09. The highest BCUT2D eigenvalue weighted by Gasteiger charge is 2.21. The Kier molecular flexibility index (Phi) is 4.47. The van der Waals surface area contributed by atoms with Crippen molar-refractivity contribution in [2.24, 2.45) is 16.8 Å². The van der Waals surface area contributed by atoms with Crippen molar-refractivity contribution in [1.29, 1.82) is 0 Å². The SMILES string of the molecule is CSc1ncc(C=O)c(N=CC2CCC[C@H]2C)n1. The monoisotopic (exact) mass is 263 g/mol. The van der Waals surface area contributed by atoms with Gasteiger partial charge in [-0.3, -0.25) is 4.79 Å². The van der Waals surface area contributed by atoms with Crippen LogP contribution in [0, 0.1) is 11.8 Å². The molecule has 1 saturated carbocycles. The van der Waals surface area contributed by atoms with E-state index in [1.165, 1.54) is 37.2 Å². The van der Waals surface area contributed by atoms with Crippen LogP contribution in [0.4, 0.5) is 5.82 Å². The number of aromatic nitrogens is 2. The lowest BCUT2D eigenvalue weighted by Gasteiger charge is -2.08. The summed E-state index contributed by atoms with van der Waals surface area (Å²) in [5.41, 5.74) is 0.453. The molecule has 2 rings (SSSR count). The highest BCUT2D eigenvalue weighted by Crippen LogP contribution is 2.30. The van der Waals surface area contributed by atoms with Crippen molar-refractivity contribution in [3.8, 4) is 0 Å². The summed E-state index contributed by atoms with van der Waals surface area (Å²) in [6, 6.07) is 0. The standard InChI is InChI=1S/C13H17N3OS/c1-9-4-3-5-10(9)6-14-12-11(8-17)7-15-13(16-12)18-2/h6-10H,3-5H2,1-2H3/t9-,10?/m1/s1. The van der Waals surface area contributed by atoms with E-state index in [1.54, 1.807) is 0 Å². The van der Waals surface area contributed by atoms with E-state index in [4.69, 9.17) is 0 Å². The van der Waals surface area contributed by atoms with Crippen molar-refractivity contribution in [2.45, 2.75) is 31.3 Å². The van der Waals surface area contributed by atoms with E-state index in [0.717, 1.165) is 6.29 Å². The predicted molar refractivity (Wildman–Crippen MR) is 73.9 cm³/mol. The second-order valence-electron chi connectivity index (χ2n) is 4.60. The number of thioether (sulfide) groups is 1. The van der Waals surface area contributed by atoms with Gasteiger partial charge in [-0.05, 0) is 24.5 Å². The van der Waals surface area contributed by atoms with E-state index in [1.807, 2.05) is 12.5 Å². The van der Waals surface area contributed by atoms with Gasteiger partial charge in [0.2, 0.25) is 0 Å². The first-order chi connectivity index (χ1) is 8.74. The van der Waals surface area contributed by atoms with Gasteiger partial charge in [0.05, 0.1) is 5.56 Å². The van der Waals surface area contributed by atoms with Crippen LogP contribution in [-0.4, -0.2) is 28.7 Å². The average Bonchev–Trinajstić information content (AvgIpc) is 2.81. The van der Waals surface area contributed by atoms with Crippen LogP contribution in [0.1, 0.15) is 36.5 Å². The number of carbonyl (C=O) groups is 1. The van der Waals surface area contributed by atoms with E-state index in [-0.39, 0.29) is 0 Å². The van der Waals surface area contributed by atoms with Crippen LogP contribution in [0.2, 0.25) is 0 Å². The number of aliphatic imine (C=N–C) groups is 1. The maximum absolute atomic E-state index is 10.9. The molecule has 18 heavy (non-hydrogen) atoms. The lowest BCUT2D eigenvalue weighted by atomic mass is 10.00. The molecule has 1 aliphatic carbocycles. The number of aldehydes is 1. The third kappa shape index (κ3) is 2.96. The van der Waals surface area contributed by atoms with Crippen molar-refractivity contribution in [3.05, 3.63) is 11.8 Å². The van der Waals surface area contributed by atoms with Crippen molar-refractivity contribution < 1.29 is 4.79 Å². The summed E-state index contributed by atoms with van der Waals surface area (Å²) < 4.78 is 0. The molecule has 1 heterocycles. The Morgan fingerprint density at radius 3 is 2.94 bits per heavy atom. The highest BCUT2D eigenvalue weighted by atomic mass is 32.2. The van der Waals surface area contributed by atoms with Gasteiger partial charge in [0.25, 0.3) is 0 Å². The van der Waals surface area contributed by atoms with E-state index < -0.39 is 0 Å². The minimum atomic E-state index is 0.453. The van der Waals surface area contributed by atoms with Gasteiger partial charge in [0.15, 0.2) is 17.3 Å². The van der Waals surface area contributed by atoms with Crippen molar-refractivity contribution in [2.75, 3.05) is 6.26 Å². The Bertz CT molecular complexity index is 462. The molecule has 5 heteroatoms. The lowest BCUT2D eigenvalue weighted by molar-refractivity contribution is 0.112. The Morgan fingerprint density at radius 1 is 1.50 bits per heavy atom. The van der Waals surface area contributed by atoms with E-state index in [2.05, 4.69) is 21.9 Å². The highest BCUT2D eigenvalue weighted by molar-refractivity contribution is 7.98. The molecule has 0 bridgehead atoms. The van der Waals surface area contributed by atoms with Gasteiger partial charge < -0.3 is 0 Å². The summed E-state index contributed by atoms with van der Waals surface area (Å²) in [5, 5.41) is 0.646. The molecule has 1 aromatic heterocycles. The van der Waals surface area contributed by atoms with E-state index >= 15 is 0 Å². The molecule has 0 N–H and O–H groups in total. The zero-order valence-electron chi connectivity index (χ0n) is 10.7. The molecule has 0 aromatic carbocycles. The molecule has 0 spiro atoms. The molecule has 1 aromatic rings. The second-order valence-corrected chi connectivity index (χ2v) is 5.38. The first kappa shape index (κ1) is 13.2. The smallest absolute Gasteiger partial charge is 0.189 e. The molecule has 1 fully saturated rings. The summed E-state index contributed by atoms with van der Waals surface area (Å²) in [5.74, 6) is 1.68. The van der Waals surface area contributed by atoms with Gasteiger partial charge in [-0.1, -0.05) is 31.5 Å². The largest absolute Gasteiger partial charge is 0.298 e. The first-order valence-corrected chi connectivity index (χ1v) is 7.37. The number of hydrogen-bond donors (Lipinski definition) is 0. The maximum Gasteiger partial charge on any atom is 0.189 e. The topological polar surface area (TPSA) is 55.2 Å². The minimum absolute atomic E-state index is 0.453. The number of rotatable bonds is 4. The molecule has 1 unspecified atom stereocenters. The molecule has 4 nitrogen and oxygen atoms in total. The fraction of sp³-hybridized carbons (Fsp3) is 0.538. The average molecular weight is 263 g/mol. The van der Waals surface area contributed by atoms with Gasteiger partial charge in [0.1, 0.15) is 0 Å². The summed E-state index contributed by atoms with van der Waals surface area (Å²) in [6.07, 6.45) is 9.86. The number of hydrogen-bond acceptors (Lipinski definition) is 5. The van der Waals surface area contributed by atoms with Crippen LogP contribution in [0.25, 0.3) is 0 Å². The van der Waals surface area contributed by atoms with E-state index in [0.29, 0.717) is 28.4 Å². The Labute approximate surface area is 111 Å². The fourth-order valence-corrected chi connectivity index (χ4v) is 2.55. The Balaban J connectivity index is 2.21. The summed E-state index contributed by atoms with van der Waals surface area (Å²) in [6.45, 7) is 2.25. The summed E-state index contributed by atoms with van der Waals surface area (Å²) in [7, 11) is 0. The van der Waals surface area contributed by atoms with Gasteiger partial charge in [-0.25, -0.2) is 15.0 Å². The van der Waals surface area contributed by atoms with Gasteiger partial charge >= 0.3 is 0 Å². The lowest BCUT2D eigenvalue weighted by Crippen LogP contribution is -2.05. The molecular formula is C13H17N3OS. The van der Waals surface area contributed by atoms with Crippen molar-refractivity contribution in [3.63, 3.8) is 0 Å². The normalized spacial score (nSPS) is 23.7. The van der Waals surface area contributed by atoms with Crippen LogP contribution in [0.5, 0.6) is 0 Å². The van der Waals surface area contributed by atoms with Gasteiger partial charge in [0, 0.05) is 12.4 Å². The molecule has 0 radical (unpaired) electrons. The molecule has 0 amide bonds. The number of nitrogens with zero attached hydrogens (tertiary/aromatic N) is 3. The molecule has 96 valence electrons. The third-order valence-electron chi connectivity index (χ3n) is 3.40. The molecular weight excluding hydrogens is 246 g/mol. The molecule has 2 atom stereocenters. The minimum Gasteiger partial charge on any atom is -0.298 e. The predicted octanol–water partition coefficient (Wildman–Crippen LogP) is 3.15. The summed E-state index contributed by atoms with van der Waals surface area (Å²) >= 11 is 1.45. The Morgan fingerprint density at radius 2 is 2.33 bits per heavy atom. The van der Waals surface area contributed by atoms with Gasteiger partial charge in [-0.2, -0.15) is 0 Å². The summed E-state index contributed by atoms with van der Waals surface area (Å²) in [4.78, 5) is 23.7. The fourth-order valence-electron chi connectivity index (χ4n) is 2.21.